The van der Waals surface area contributed by atoms with E-state index in [-0.39, 0.29) is 12.5 Å². The van der Waals surface area contributed by atoms with Gasteiger partial charge in [0, 0.05) is 5.92 Å². The summed E-state index contributed by atoms with van der Waals surface area (Å²) in [6.07, 6.45) is -0.696. The van der Waals surface area contributed by atoms with E-state index in [0.29, 0.717) is 5.75 Å². The average Bonchev–Trinajstić information content (AvgIpc) is 2.64. The van der Waals surface area contributed by atoms with E-state index < -0.39 is 6.16 Å². The predicted octanol–water partition coefficient (Wildman–Crippen LogP) is 5.03. The van der Waals surface area contributed by atoms with Gasteiger partial charge in [-0.3, -0.25) is 0 Å². The molecule has 0 saturated heterocycles. The van der Waals surface area contributed by atoms with Crippen molar-refractivity contribution in [2.24, 2.45) is 0 Å². The highest BCUT2D eigenvalue weighted by atomic mass is 16.7. The van der Waals surface area contributed by atoms with Gasteiger partial charge in [0.2, 0.25) is 0 Å². The molecule has 3 aromatic carbocycles. The van der Waals surface area contributed by atoms with E-state index in [4.69, 9.17) is 9.47 Å². The number of hydrogen-bond donors (Lipinski definition) is 0. The van der Waals surface area contributed by atoms with Crippen molar-refractivity contribution in [3.63, 3.8) is 0 Å². The maximum atomic E-state index is 11.9. The van der Waals surface area contributed by atoms with Gasteiger partial charge in [-0.05, 0) is 23.3 Å². The molecule has 0 spiro atoms. The number of carbonyl (C=O) groups excluding carboxylic acids is 1. The molecule has 3 nitrogen and oxygen atoms in total. The SMILES string of the molecule is O=C(OCC(c1ccccc1)c1ccccc1)Oc1ccccc1. The second-order valence-electron chi connectivity index (χ2n) is 5.35. The molecule has 3 heteroatoms. The summed E-state index contributed by atoms with van der Waals surface area (Å²) in [6, 6.07) is 28.9. The van der Waals surface area contributed by atoms with Crippen molar-refractivity contribution in [3.8, 4) is 5.75 Å². The van der Waals surface area contributed by atoms with Crippen LogP contribution >= 0.6 is 0 Å². The quantitative estimate of drug-likeness (QED) is 0.488. The fraction of sp³-hybridized carbons (Fsp3) is 0.0952. The Labute approximate surface area is 141 Å². The van der Waals surface area contributed by atoms with Crippen LogP contribution < -0.4 is 4.74 Å². The normalized spacial score (nSPS) is 10.4. The molecule has 0 saturated carbocycles. The van der Waals surface area contributed by atoms with Crippen molar-refractivity contribution < 1.29 is 14.3 Å². The van der Waals surface area contributed by atoms with Crippen molar-refractivity contribution in [3.05, 3.63) is 102 Å². The highest BCUT2D eigenvalue weighted by Gasteiger charge is 2.17. The molecule has 0 amide bonds. The van der Waals surface area contributed by atoms with Gasteiger partial charge in [0.25, 0.3) is 0 Å². The molecule has 0 radical (unpaired) electrons. The molecule has 0 fully saturated rings. The highest BCUT2D eigenvalue weighted by molar-refractivity contribution is 5.63. The molecule has 0 aliphatic heterocycles. The Bertz CT molecular complexity index is 715. The van der Waals surface area contributed by atoms with E-state index in [1.165, 1.54) is 0 Å². The number of benzene rings is 3. The largest absolute Gasteiger partial charge is 0.513 e. The summed E-state index contributed by atoms with van der Waals surface area (Å²) >= 11 is 0. The van der Waals surface area contributed by atoms with Crippen LogP contribution in [0.25, 0.3) is 0 Å². The number of ether oxygens (including phenoxy) is 2. The summed E-state index contributed by atoms with van der Waals surface area (Å²) in [5.41, 5.74) is 2.19. The second-order valence-corrected chi connectivity index (χ2v) is 5.35. The second kappa shape index (κ2) is 7.97. The van der Waals surface area contributed by atoms with Crippen LogP contribution in [0.5, 0.6) is 5.75 Å². The molecule has 0 heterocycles. The van der Waals surface area contributed by atoms with Gasteiger partial charge >= 0.3 is 6.16 Å². The Kier molecular flexibility index (Phi) is 5.25. The third-order valence-corrected chi connectivity index (χ3v) is 3.72. The lowest BCUT2D eigenvalue weighted by atomic mass is 9.92. The smallest absolute Gasteiger partial charge is 0.433 e. The number of hydrogen-bond acceptors (Lipinski definition) is 3. The third kappa shape index (κ3) is 4.23. The number of para-hydroxylation sites is 1. The highest BCUT2D eigenvalue weighted by Crippen LogP contribution is 2.25. The van der Waals surface area contributed by atoms with E-state index >= 15 is 0 Å². The molecule has 0 aliphatic rings. The van der Waals surface area contributed by atoms with E-state index in [1.807, 2.05) is 66.7 Å². The first-order valence-electron chi connectivity index (χ1n) is 7.82. The first-order valence-corrected chi connectivity index (χ1v) is 7.82. The van der Waals surface area contributed by atoms with Gasteiger partial charge in [0.1, 0.15) is 12.4 Å². The minimum Gasteiger partial charge on any atom is -0.433 e. The Hall–Kier alpha value is -3.07. The van der Waals surface area contributed by atoms with Crippen molar-refractivity contribution in [1.29, 1.82) is 0 Å². The maximum absolute atomic E-state index is 11.9. The van der Waals surface area contributed by atoms with Gasteiger partial charge in [-0.1, -0.05) is 78.9 Å². The summed E-state index contributed by atoms with van der Waals surface area (Å²) in [4.78, 5) is 11.9. The topological polar surface area (TPSA) is 35.5 Å². The summed E-state index contributed by atoms with van der Waals surface area (Å²) in [5.74, 6) is 0.439. The van der Waals surface area contributed by atoms with E-state index in [0.717, 1.165) is 11.1 Å². The van der Waals surface area contributed by atoms with Crippen LogP contribution in [-0.4, -0.2) is 12.8 Å². The minimum atomic E-state index is -0.696. The summed E-state index contributed by atoms with van der Waals surface area (Å²) in [6.45, 7) is 0.222. The summed E-state index contributed by atoms with van der Waals surface area (Å²) in [7, 11) is 0. The van der Waals surface area contributed by atoms with Crippen LogP contribution in [0.3, 0.4) is 0 Å². The molecule has 0 bridgehead atoms. The molecule has 0 unspecified atom stereocenters. The molecule has 0 aliphatic carbocycles. The minimum absolute atomic E-state index is 0.0317. The Balaban J connectivity index is 1.70. The molecule has 0 N–H and O–H groups in total. The van der Waals surface area contributed by atoms with Gasteiger partial charge in [-0.15, -0.1) is 0 Å². The van der Waals surface area contributed by atoms with Gasteiger partial charge in [0.05, 0.1) is 0 Å². The average molecular weight is 318 g/mol. The molecule has 120 valence electrons. The van der Waals surface area contributed by atoms with Gasteiger partial charge in [-0.2, -0.15) is 0 Å². The van der Waals surface area contributed by atoms with Gasteiger partial charge in [-0.25, -0.2) is 4.79 Å². The lowest BCUT2D eigenvalue weighted by Crippen LogP contribution is -2.17. The Morgan fingerprint density at radius 2 is 1.17 bits per heavy atom. The van der Waals surface area contributed by atoms with Crippen LogP contribution in [-0.2, 0) is 4.74 Å². The van der Waals surface area contributed by atoms with Crippen LogP contribution in [0.2, 0.25) is 0 Å². The molecular weight excluding hydrogens is 300 g/mol. The predicted molar refractivity (Wildman–Crippen MR) is 93.1 cm³/mol. The lowest BCUT2D eigenvalue weighted by molar-refractivity contribution is 0.0962. The number of carbonyl (C=O) groups is 1. The zero-order valence-electron chi connectivity index (χ0n) is 13.2. The summed E-state index contributed by atoms with van der Waals surface area (Å²) < 4.78 is 10.5. The number of rotatable bonds is 5. The van der Waals surface area contributed by atoms with Crippen molar-refractivity contribution >= 4 is 6.16 Å². The van der Waals surface area contributed by atoms with Crippen LogP contribution in [0, 0.1) is 0 Å². The molecule has 3 rings (SSSR count). The monoisotopic (exact) mass is 318 g/mol. The fourth-order valence-electron chi connectivity index (χ4n) is 2.52. The van der Waals surface area contributed by atoms with Gasteiger partial charge in [0.15, 0.2) is 0 Å². The first kappa shape index (κ1) is 15.8. The van der Waals surface area contributed by atoms with Crippen molar-refractivity contribution in [2.75, 3.05) is 6.61 Å². The molecule has 0 aromatic heterocycles. The molecule has 3 aromatic rings. The van der Waals surface area contributed by atoms with Gasteiger partial charge < -0.3 is 9.47 Å². The maximum Gasteiger partial charge on any atom is 0.513 e. The summed E-state index contributed by atoms with van der Waals surface area (Å²) in [5, 5.41) is 0. The van der Waals surface area contributed by atoms with E-state index in [9.17, 15) is 4.79 Å². The van der Waals surface area contributed by atoms with E-state index in [1.54, 1.807) is 24.3 Å². The third-order valence-electron chi connectivity index (χ3n) is 3.72. The first-order chi connectivity index (χ1) is 11.8. The fourth-order valence-corrected chi connectivity index (χ4v) is 2.52. The molecular formula is C21H18O3. The van der Waals surface area contributed by atoms with Crippen molar-refractivity contribution in [1.82, 2.24) is 0 Å². The van der Waals surface area contributed by atoms with Crippen LogP contribution in [0.15, 0.2) is 91.0 Å². The molecule has 0 atom stereocenters. The Morgan fingerprint density at radius 1 is 0.708 bits per heavy atom. The zero-order valence-corrected chi connectivity index (χ0v) is 13.2. The zero-order chi connectivity index (χ0) is 16.6. The molecule has 24 heavy (non-hydrogen) atoms. The van der Waals surface area contributed by atoms with Crippen LogP contribution in [0.1, 0.15) is 17.0 Å². The Morgan fingerprint density at radius 3 is 1.67 bits per heavy atom. The van der Waals surface area contributed by atoms with Crippen molar-refractivity contribution in [2.45, 2.75) is 5.92 Å². The lowest BCUT2D eigenvalue weighted by Gasteiger charge is -2.18. The van der Waals surface area contributed by atoms with Crippen LogP contribution in [0.4, 0.5) is 4.79 Å². The van der Waals surface area contributed by atoms with E-state index in [2.05, 4.69) is 0 Å². The standard InChI is InChI=1S/C21H18O3/c22-21(24-19-14-8-3-9-15-19)23-16-20(17-10-4-1-5-11-17)18-12-6-2-7-13-18/h1-15,20H,16H2.